The van der Waals surface area contributed by atoms with Gasteiger partial charge in [0.2, 0.25) is 0 Å². The van der Waals surface area contributed by atoms with Gasteiger partial charge in [-0.1, -0.05) is 25.1 Å². The molecule has 0 bridgehead atoms. The Morgan fingerprint density at radius 3 is 2.59 bits per heavy atom. The van der Waals surface area contributed by atoms with E-state index in [1.807, 2.05) is 6.92 Å². The molecule has 0 saturated heterocycles. The highest BCUT2D eigenvalue weighted by Crippen LogP contribution is 2.32. The van der Waals surface area contributed by atoms with E-state index in [0.29, 0.717) is 54.1 Å². The highest BCUT2D eigenvalue weighted by Gasteiger charge is 2.24. The molecule has 4 rings (SSSR count). The maximum atomic E-state index is 12.9. The predicted octanol–water partition coefficient (Wildman–Crippen LogP) is 2.76. The Morgan fingerprint density at radius 1 is 1.12 bits per heavy atom. The summed E-state index contributed by atoms with van der Waals surface area (Å²) in [5, 5.41) is 7.66. The lowest BCUT2D eigenvalue weighted by atomic mass is 10.1. The van der Waals surface area contributed by atoms with E-state index in [4.69, 9.17) is 14.2 Å². The zero-order chi connectivity index (χ0) is 22.7. The van der Waals surface area contributed by atoms with Gasteiger partial charge in [-0.05, 0) is 31.5 Å². The van der Waals surface area contributed by atoms with Crippen LogP contribution in [0.25, 0.3) is 10.8 Å². The second-order valence-electron chi connectivity index (χ2n) is 7.32. The molecule has 0 radical (unpaired) electrons. The van der Waals surface area contributed by atoms with Gasteiger partial charge in [0.05, 0.1) is 5.39 Å². The molecule has 0 unspecified atom stereocenters. The lowest BCUT2D eigenvalue weighted by molar-refractivity contribution is -0.123. The van der Waals surface area contributed by atoms with E-state index in [-0.39, 0.29) is 11.3 Å². The minimum absolute atomic E-state index is 0.00682. The largest absolute Gasteiger partial charge is 0.486 e. The van der Waals surface area contributed by atoms with E-state index in [1.165, 1.54) is 11.6 Å². The zero-order valence-electron chi connectivity index (χ0n) is 17.8. The average Bonchev–Trinajstić information content (AvgIpc) is 2.80. The van der Waals surface area contributed by atoms with E-state index in [9.17, 15) is 14.4 Å². The molecule has 9 heteroatoms. The van der Waals surface area contributed by atoms with Crippen molar-refractivity contribution in [2.45, 2.75) is 32.9 Å². The van der Waals surface area contributed by atoms with Crippen molar-refractivity contribution < 1.29 is 23.8 Å². The number of carbonyl (C=O) groups is 2. The van der Waals surface area contributed by atoms with Crippen molar-refractivity contribution in [1.29, 1.82) is 0 Å². The number of hydrogen-bond donors (Lipinski definition) is 1. The molecule has 1 atom stereocenters. The third-order valence-electron chi connectivity index (χ3n) is 4.96. The molecule has 1 aliphatic heterocycles. The SMILES string of the molecule is CCCn1nc(C(=O)O[C@@H](C)C(=O)Nc2ccc3c(c2)OCCO3)c2ccccc2c1=O. The van der Waals surface area contributed by atoms with Crippen LogP contribution < -0.4 is 20.3 Å². The molecule has 1 N–H and O–H groups in total. The average molecular weight is 437 g/mol. The van der Waals surface area contributed by atoms with E-state index in [2.05, 4.69) is 10.4 Å². The number of carbonyl (C=O) groups excluding carboxylic acids is 2. The van der Waals surface area contributed by atoms with Gasteiger partial charge in [0, 0.05) is 23.7 Å². The number of aryl methyl sites for hydroxylation is 1. The molecular weight excluding hydrogens is 414 g/mol. The second kappa shape index (κ2) is 9.09. The fourth-order valence-electron chi connectivity index (χ4n) is 3.38. The number of benzene rings is 2. The molecule has 32 heavy (non-hydrogen) atoms. The smallest absolute Gasteiger partial charge is 0.360 e. The molecule has 0 aliphatic carbocycles. The second-order valence-corrected chi connectivity index (χ2v) is 7.32. The minimum atomic E-state index is -1.09. The van der Waals surface area contributed by atoms with Crippen LogP contribution >= 0.6 is 0 Å². The normalized spacial score (nSPS) is 13.4. The van der Waals surface area contributed by atoms with Crippen molar-refractivity contribution in [2.75, 3.05) is 18.5 Å². The summed E-state index contributed by atoms with van der Waals surface area (Å²) in [7, 11) is 0. The minimum Gasteiger partial charge on any atom is -0.486 e. The molecule has 9 nitrogen and oxygen atoms in total. The van der Waals surface area contributed by atoms with Crippen LogP contribution in [0.3, 0.4) is 0 Å². The zero-order valence-corrected chi connectivity index (χ0v) is 17.8. The Kier molecular flexibility index (Phi) is 6.07. The quantitative estimate of drug-likeness (QED) is 0.591. The first kappa shape index (κ1) is 21.4. The van der Waals surface area contributed by atoms with Crippen molar-refractivity contribution in [1.82, 2.24) is 9.78 Å². The molecule has 1 aromatic heterocycles. The van der Waals surface area contributed by atoms with Gasteiger partial charge in [0.25, 0.3) is 11.5 Å². The van der Waals surface area contributed by atoms with E-state index < -0.39 is 18.0 Å². The summed E-state index contributed by atoms with van der Waals surface area (Å²) in [6, 6.07) is 11.7. The summed E-state index contributed by atoms with van der Waals surface area (Å²) < 4.78 is 17.6. The Hall–Kier alpha value is -3.88. The summed E-state index contributed by atoms with van der Waals surface area (Å²) in [5.74, 6) is -0.154. The number of hydrogen-bond acceptors (Lipinski definition) is 7. The van der Waals surface area contributed by atoms with Gasteiger partial charge >= 0.3 is 5.97 Å². The summed E-state index contributed by atoms with van der Waals surface area (Å²) in [5.41, 5.74) is 0.207. The maximum Gasteiger partial charge on any atom is 0.360 e. The first-order chi connectivity index (χ1) is 15.5. The van der Waals surface area contributed by atoms with Gasteiger partial charge in [0.15, 0.2) is 23.3 Å². The summed E-state index contributed by atoms with van der Waals surface area (Å²) in [6.07, 6.45) is -0.420. The topological polar surface area (TPSA) is 109 Å². The van der Waals surface area contributed by atoms with Crippen LogP contribution in [0.5, 0.6) is 11.5 Å². The van der Waals surface area contributed by atoms with E-state index in [1.54, 1.807) is 42.5 Å². The summed E-state index contributed by atoms with van der Waals surface area (Å²) in [4.78, 5) is 38.1. The van der Waals surface area contributed by atoms with Gasteiger partial charge in [-0.3, -0.25) is 9.59 Å². The number of aromatic nitrogens is 2. The van der Waals surface area contributed by atoms with Crippen molar-refractivity contribution in [3.63, 3.8) is 0 Å². The summed E-state index contributed by atoms with van der Waals surface area (Å²) >= 11 is 0. The van der Waals surface area contributed by atoms with Crippen LogP contribution in [-0.4, -0.2) is 41.0 Å². The summed E-state index contributed by atoms with van der Waals surface area (Å²) in [6.45, 7) is 4.64. The number of anilines is 1. The van der Waals surface area contributed by atoms with Gasteiger partial charge < -0.3 is 19.5 Å². The maximum absolute atomic E-state index is 12.9. The fraction of sp³-hybridized carbons (Fsp3) is 0.304. The molecule has 3 aromatic rings. The lowest BCUT2D eigenvalue weighted by Gasteiger charge is -2.19. The monoisotopic (exact) mass is 437 g/mol. The van der Waals surface area contributed by atoms with Crippen LogP contribution in [-0.2, 0) is 16.1 Å². The highest BCUT2D eigenvalue weighted by atomic mass is 16.6. The third kappa shape index (κ3) is 4.27. The van der Waals surface area contributed by atoms with Crippen molar-refractivity contribution in [3.8, 4) is 11.5 Å². The fourth-order valence-corrected chi connectivity index (χ4v) is 3.38. The van der Waals surface area contributed by atoms with E-state index >= 15 is 0 Å². The number of esters is 1. The van der Waals surface area contributed by atoms with Gasteiger partial charge in [-0.15, -0.1) is 0 Å². The lowest BCUT2D eigenvalue weighted by Crippen LogP contribution is -2.32. The highest BCUT2D eigenvalue weighted by molar-refractivity contribution is 6.03. The van der Waals surface area contributed by atoms with Crippen LogP contribution in [0.15, 0.2) is 47.3 Å². The number of nitrogens with zero attached hydrogens (tertiary/aromatic N) is 2. The Labute approximate surface area is 183 Å². The van der Waals surface area contributed by atoms with E-state index in [0.717, 1.165) is 0 Å². The van der Waals surface area contributed by atoms with Crippen LogP contribution in [0, 0.1) is 0 Å². The van der Waals surface area contributed by atoms with Crippen molar-refractivity contribution in [3.05, 3.63) is 58.5 Å². The first-order valence-corrected chi connectivity index (χ1v) is 10.4. The molecule has 2 aromatic carbocycles. The van der Waals surface area contributed by atoms with Gasteiger partial charge in [0.1, 0.15) is 13.2 Å². The standard InChI is InChI=1S/C23H23N3O6/c1-3-10-26-22(28)17-7-5-4-6-16(17)20(25-26)23(29)32-14(2)21(27)24-15-8-9-18-19(13-15)31-12-11-30-18/h4-9,13-14H,3,10-12H2,1-2H3,(H,24,27)/t14-/m0/s1. The van der Waals surface area contributed by atoms with Crippen molar-refractivity contribution in [2.24, 2.45) is 0 Å². The van der Waals surface area contributed by atoms with Crippen LogP contribution in [0.2, 0.25) is 0 Å². The Morgan fingerprint density at radius 2 is 1.84 bits per heavy atom. The molecular formula is C23H23N3O6. The Balaban J connectivity index is 1.52. The molecule has 166 valence electrons. The number of fused-ring (bicyclic) bond motifs is 2. The molecule has 0 spiro atoms. The van der Waals surface area contributed by atoms with Gasteiger partial charge in [-0.2, -0.15) is 5.10 Å². The number of ether oxygens (including phenoxy) is 3. The number of amides is 1. The number of nitrogens with one attached hydrogen (secondary N) is 1. The third-order valence-corrected chi connectivity index (χ3v) is 4.96. The molecule has 2 heterocycles. The van der Waals surface area contributed by atoms with Crippen LogP contribution in [0.4, 0.5) is 5.69 Å². The van der Waals surface area contributed by atoms with Crippen molar-refractivity contribution >= 4 is 28.3 Å². The van der Waals surface area contributed by atoms with Gasteiger partial charge in [-0.25, -0.2) is 9.48 Å². The first-order valence-electron chi connectivity index (χ1n) is 10.4. The molecule has 1 aliphatic rings. The predicted molar refractivity (Wildman–Crippen MR) is 117 cm³/mol. The van der Waals surface area contributed by atoms with Crippen LogP contribution in [0.1, 0.15) is 30.8 Å². The molecule has 0 saturated carbocycles. The number of rotatable bonds is 6. The molecule has 0 fully saturated rings. The molecule has 1 amide bonds. The Bertz CT molecular complexity index is 1240.